The summed E-state index contributed by atoms with van der Waals surface area (Å²) < 4.78 is 0. The van der Waals surface area contributed by atoms with Crippen molar-refractivity contribution in [2.75, 3.05) is 0 Å². The van der Waals surface area contributed by atoms with Crippen molar-refractivity contribution in [3.05, 3.63) is 54.1 Å². The normalized spacial score (nSPS) is 10.1. The molecule has 0 aromatic heterocycles. The van der Waals surface area contributed by atoms with Crippen molar-refractivity contribution in [1.29, 1.82) is 0 Å². The van der Waals surface area contributed by atoms with E-state index in [1.807, 2.05) is 30.3 Å². The third kappa shape index (κ3) is 1.64. The van der Waals surface area contributed by atoms with Gasteiger partial charge in [-0.2, -0.15) is 0 Å². The van der Waals surface area contributed by atoms with Crippen LogP contribution in [-0.2, 0) is 0 Å². The number of benzene rings is 2. The lowest BCUT2D eigenvalue weighted by Crippen LogP contribution is -1.83. The Morgan fingerprint density at radius 1 is 0.857 bits per heavy atom. The summed E-state index contributed by atoms with van der Waals surface area (Å²) in [6, 6.07) is 16.4. The Morgan fingerprint density at radius 3 is 2.29 bits per heavy atom. The van der Waals surface area contributed by atoms with Gasteiger partial charge in [0, 0.05) is 4.90 Å². The van der Waals surface area contributed by atoms with Crippen LogP contribution in [0.25, 0.3) is 11.1 Å². The molecule has 2 aromatic rings. The largest absolute Gasteiger partial charge is 0.0798 e. The van der Waals surface area contributed by atoms with Crippen molar-refractivity contribution in [2.45, 2.75) is 11.8 Å². The van der Waals surface area contributed by atoms with E-state index in [9.17, 15) is 0 Å². The maximum atomic E-state index is 5.24. The fraction of sp³-hybridized carbons (Fsp3) is 0.0769. The summed E-state index contributed by atoms with van der Waals surface area (Å²) in [6.07, 6.45) is 0. The van der Waals surface area contributed by atoms with E-state index < -0.39 is 0 Å². The van der Waals surface area contributed by atoms with Gasteiger partial charge < -0.3 is 0 Å². The van der Waals surface area contributed by atoms with Crippen molar-refractivity contribution in [1.82, 2.24) is 0 Å². The van der Waals surface area contributed by atoms with Crippen molar-refractivity contribution in [3.63, 3.8) is 0 Å². The molecule has 0 fully saturated rings. The molecule has 0 spiro atoms. The molecule has 0 unspecified atom stereocenters. The maximum Gasteiger partial charge on any atom is 0.0412 e. The summed E-state index contributed by atoms with van der Waals surface area (Å²) in [7, 11) is 0. The first-order chi connectivity index (χ1) is 6.79. The number of rotatable bonds is 1. The van der Waals surface area contributed by atoms with Gasteiger partial charge >= 0.3 is 0 Å². The van der Waals surface area contributed by atoms with Gasteiger partial charge in [0.1, 0.15) is 0 Å². The lowest BCUT2D eigenvalue weighted by atomic mass is 10.0. The molecule has 1 heteroatoms. The molecule has 2 aromatic carbocycles. The molecule has 0 saturated carbocycles. The molecule has 0 N–H and O–H groups in total. The van der Waals surface area contributed by atoms with E-state index in [4.69, 9.17) is 12.6 Å². The SMILES string of the molecule is Cc1c([S])cccc1-c1ccccc1. The Kier molecular flexibility index (Phi) is 2.51. The summed E-state index contributed by atoms with van der Waals surface area (Å²) in [6.45, 7) is 2.07. The van der Waals surface area contributed by atoms with Crippen LogP contribution in [0.2, 0.25) is 0 Å². The maximum absolute atomic E-state index is 5.24. The standard InChI is InChI=1S/C13H11S/c1-10-12(8-5-9-13(10)14)11-6-3-2-4-7-11/h2-9H,1H3. The van der Waals surface area contributed by atoms with E-state index in [2.05, 4.69) is 25.1 Å². The van der Waals surface area contributed by atoms with E-state index >= 15 is 0 Å². The summed E-state index contributed by atoms with van der Waals surface area (Å²) in [5.74, 6) is 0. The molecule has 14 heavy (non-hydrogen) atoms. The summed E-state index contributed by atoms with van der Waals surface area (Å²) in [5.41, 5.74) is 3.66. The highest BCUT2D eigenvalue weighted by Gasteiger charge is 2.02. The van der Waals surface area contributed by atoms with Gasteiger partial charge in [0.05, 0.1) is 0 Å². The van der Waals surface area contributed by atoms with Crippen molar-refractivity contribution >= 4 is 12.6 Å². The molecule has 0 bridgehead atoms. The van der Waals surface area contributed by atoms with Crippen molar-refractivity contribution < 1.29 is 0 Å². The van der Waals surface area contributed by atoms with Gasteiger partial charge in [-0.15, -0.1) is 0 Å². The molecule has 2 rings (SSSR count). The smallest absolute Gasteiger partial charge is 0.0412 e. The average molecular weight is 199 g/mol. The monoisotopic (exact) mass is 199 g/mol. The predicted molar refractivity (Wildman–Crippen MR) is 62.5 cm³/mol. The second-order valence-electron chi connectivity index (χ2n) is 3.29. The minimum atomic E-state index is 0.936. The van der Waals surface area contributed by atoms with Crippen LogP contribution in [0.15, 0.2) is 53.4 Å². The van der Waals surface area contributed by atoms with E-state index in [1.165, 1.54) is 16.7 Å². The molecule has 0 amide bonds. The fourth-order valence-corrected chi connectivity index (χ4v) is 1.73. The van der Waals surface area contributed by atoms with E-state index in [0.29, 0.717) is 0 Å². The molecule has 1 radical (unpaired) electrons. The zero-order chi connectivity index (χ0) is 9.97. The Hall–Kier alpha value is -1.34. The minimum Gasteiger partial charge on any atom is -0.0798 e. The zero-order valence-electron chi connectivity index (χ0n) is 8.03. The van der Waals surface area contributed by atoms with Crippen LogP contribution < -0.4 is 0 Å². The molecule has 69 valence electrons. The summed E-state index contributed by atoms with van der Waals surface area (Å²) in [5, 5.41) is 0. The van der Waals surface area contributed by atoms with Crippen molar-refractivity contribution in [2.24, 2.45) is 0 Å². The third-order valence-electron chi connectivity index (χ3n) is 2.37. The van der Waals surface area contributed by atoms with E-state index in [-0.39, 0.29) is 0 Å². The fourth-order valence-electron chi connectivity index (χ4n) is 1.54. The van der Waals surface area contributed by atoms with Crippen LogP contribution in [0.1, 0.15) is 5.56 Å². The molecule has 0 atom stereocenters. The summed E-state index contributed by atoms with van der Waals surface area (Å²) in [4.78, 5) is 0.936. The topological polar surface area (TPSA) is 0 Å². The number of hydrogen-bond acceptors (Lipinski definition) is 0. The first-order valence-electron chi connectivity index (χ1n) is 4.61. The quantitative estimate of drug-likeness (QED) is 0.645. The summed E-state index contributed by atoms with van der Waals surface area (Å²) >= 11 is 5.24. The minimum absolute atomic E-state index is 0.936. The first-order valence-corrected chi connectivity index (χ1v) is 5.02. The number of hydrogen-bond donors (Lipinski definition) is 0. The predicted octanol–water partition coefficient (Wildman–Crippen LogP) is 4.22. The molecule has 0 aliphatic carbocycles. The van der Waals surface area contributed by atoms with Crippen LogP contribution in [0, 0.1) is 6.92 Å². The highest BCUT2D eigenvalue weighted by Crippen LogP contribution is 2.26. The molecule has 0 aliphatic rings. The molecule has 0 heterocycles. The average Bonchev–Trinajstić information content (AvgIpc) is 2.23. The van der Waals surface area contributed by atoms with E-state index in [0.717, 1.165) is 4.90 Å². The molecular weight excluding hydrogens is 188 g/mol. The van der Waals surface area contributed by atoms with Crippen molar-refractivity contribution in [3.8, 4) is 11.1 Å². The highest BCUT2D eigenvalue weighted by molar-refractivity contribution is 7.80. The highest BCUT2D eigenvalue weighted by atomic mass is 32.1. The second-order valence-corrected chi connectivity index (χ2v) is 3.73. The zero-order valence-corrected chi connectivity index (χ0v) is 8.84. The van der Waals surface area contributed by atoms with Gasteiger partial charge in [0.15, 0.2) is 0 Å². The first kappa shape index (κ1) is 9.22. The van der Waals surface area contributed by atoms with Crippen LogP contribution in [-0.4, -0.2) is 0 Å². The molecule has 0 nitrogen and oxygen atoms in total. The molecule has 0 saturated heterocycles. The molecular formula is C13H11S. The Morgan fingerprint density at radius 2 is 1.57 bits per heavy atom. The van der Waals surface area contributed by atoms with Gasteiger partial charge in [0.2, 0.25) is 0 Å². The second kappa shape index (κ2) is 3.81. The third-order valence-corrected chi connectivity index (χ3v) is 2.81. The Labute approximate surface area is 90.0 Å². The van der Waals surface area contributed by atoms with Crippen LogP contribution in [0.5, 0.6) is 0 Å². The lowest BCUT2D eigenvalue weighted by molar-refractivity contribution is 1.31. The Bertz CT molecular complexity index is 432. The Balaban J connectivity index is 2.58. The van der Waals surface area contributed by atoms with Crippen LogP contribution in [0.3, 0.4) is 0 Å². The van der Waals surface area contributed by atoms with Crippen LogP contribution in [0.4, 0.5) is 0 Å². The van der Waals surface area contributed by atoms with E-state index in [1.54, 1.807) is 0 Å². The lowest BCUT2D eigenvalue weighted by Gasteiger charge is -2.06. The van der Waals surface area contributed by atoms with Gasteiger partial charge in [-0.1, -0.05) is 55.1 Å². The van der Waals surface area contributed by atoms with Gasteiger partial charge in [0.25, 0.3) is 0 Å². The molecule has 0 aliphatic heterocycles. The van der Waals surface area contributed by atoms with Gasteiger partial charge in [-0.05, 0) is 29.7 Å². The van der Waals surface area contributed by atoms with Crippen LogP contribution >= 0.6 is 12.6 Å². The van der Waals surface area contributed by atoms with Gasteiger partial charge in [-0.3, -0.25) is 0 Å². The van der Waals surface area contributed by atoms with Gasteiger partial charge in [-0.25, -0.2) is 0 Å².